The van der Waals surface area contributed by atoms with Crippen LogP contribution < -0.4 is 4.74 Å². The van der Waals surface area contributed by atoms with Gasteiger partial charge in [-0.3, -0.25) is 10.1 Å². The van der Waals surface area contributed by atoms with Crippen LogP contribution in [0, 0.1) is 21.4 Å². The Bertz CT molecular complexity index is 717. The summed E-state index contributed by atoms with van der Waals surface area (Å²) in [6.07, 6.45) is 1.41. The zero-order valence-electron chi connectivity index (χ0n) is 11.6. The molecule has 0 unspecified atom stereocenters. The quantitative estimate of drug-likeness (QED) is 0.615. The Hall–Kier alpha value is -2.95. The third-order valence-corrected chi connectivity index (χ3v) is 2.96. The van der Waals surface area contributed by atoms with Gasteiger partial charge in [-0.05, 0) is 18.6 Å². The molecule has 0 aliphatic rings. The molecule has 0 aliphatic carbocycles. The molecule has 0 saturated carbocycles. The van der Waals surface area contributed by atoms with Crippen molar-refractivity contribution in [3.8, 4) is 17.5 Å². The fourth-order valence-electron chi connectivity index (χ4n) is 2.01. The van der Waals surface area contributed by atoms with Gasteiger partial charge < -0.3 is 4.74 Å². The van der Waals surface area contributed by atoms with Gasteiger partial charge in [-0.2, -0.15) is 5.26 Å². The maximum Gasteiger partial charge on any atom is 0.313 e. The van der Waals surface area contributed by atoms with E-state index in [2.05, 4.69) is 10.3 Å². The van der Waals surface area contributed by atoms with Gasteiger partial charge in [0.15, 0.2) is 11.4 Å². The molecule has 8 heteroatoms. The van der Waals surface area contributed by atoms with Crippen LogP contribution in [0.25, 0.3) is 5.69 Å². The summed E-state index contributed by atoms with van der Waals surface area (Å²) < 4.78 is 6.42. The molecule has 1 aromatic heterocycles. The second kappa shape index (κ2) is 6.00. The first kappa shape index (κ1) is 14.5. The van der Waals surface area contributed by atoms with Crippen LogP contribution in [0.2, 0.25) is 0 Å². The molecular weight excluding hydrogens is 274 g/mol. The Balaban J connectivity index is 2.57. The number of hydrogen-bond acceptors (Lipinski definition) is 6. The van der Waals surface area contributed by atoms with Crippen LogP contribution in [0.3, 0.4) is 0 Å². The molecule has 0 saturated heterocycles. The number of nitro groups is 1. The topological polar surface area (TPSA) is 107 Å². The fourth-order valence-corrected chi connectivity index (χ4v) is 2.01. The summed E-state index contributed by atoms with van der Waals surface area (Å²) >= 11 is 0. The minimum Gasteiger partial charge on any atom is -0.490 e. The number of rotatable bonds is 5. The van der Waals surface area contributed by atoms with Gasteiger partial charge in [-0.1, -0.05) is 18.6 Å². The number of methoxy groups -OCH3 is 1. The van der Waals surface area contributed by atoms with Crippen LogP contribution in [0.1, 0.15) is 24.7 Å². The first-order valence-corrected chi connectivity index (χ1v) is 6.29. The maximum absolute atomic E-state index is 11.1. The molecule has 0 fully saturated rings. The van der Waals surface area contributed by atoms with Crippen LogP contribution in [0.4, 0.5) is 5.69 Å². The number of nitro benzene ring substituents is 1. The molecule has 0 spiro atoms. The van der Waals surface area contributed by atoms with Gasteiger partial charge in [0.25, 0.3) is 0 Å². The highest BCUT2D eigenvalue weighted by Crippen LogP contribution is 2.29. The van der Waals surface area contributed by atoms with Crippen molar-refractivity contribution < 1.29 is 9.66 Å². The SMILES string of the molecule is CCCc1c(C#N)nnn1-c1ccc(OC)c([N+](=O)[O-])c1. The van der Waals surface area contributed by atoms with Crippen LogP contribution in [-0.4, -0.2) is 27.0 Å². The van der Waals surface area contributed by atoms with E-state index in [1.165, 1.54) is 23.9 Å². The molecule has 1 aromatic carbocycles. The van der Waals surface area contributed by atoms with E-state index in [-0.39, 0.29) is 17.1 Å². The van der Waals surface area contributed by atoms with Crippen molar-refractivity contribution >= 4 is 5.69 Å². The van der Waals surface area contributed by atoms with E-state index in [9.17, 15) is 10.1 Å². The van der Waals surface area contributed by atoms with Crippen molar-refractivity contribution in [2.45, 2.75) is 19.8 Å². The van der Waals surface area contributed by atoms with E-state index < -0.39 is 4.92 Å². The molecule has 0 bridgehead atoms. The maximum atomic E-state index is 11.1. The average molecular weight is 287 g/mol. The average Bonchev–Trinajstić information content (AvgIpc) is 2.89. The number of aromatic nitrogens is 3. The minimum atomic E-state index is -0.524. The van der Waals surface area contributed by atoms with E-state index in [1.807, 2.05) is 13.0 Å². The molecule has 108 valence electrons. The summed E-state index contributed by atoms with van der Waals surface area (Å²) in [4.78, 5) is 10.5. The highest BCUT2D eigenvalue weighted by Gasteiger charge is 2.19. The van der Waals surface area contributed by atoms with E-state index in [1.54, 1.807) is 6.07 Å². The van der Waals surface area contributed by atoms with Gasteiger partial charge in [0.2, 0.25) is 0 Å². The van der Waals surface area contributed by atoms with Crippen molar-refractivity contribution in [1.29, 1.82) is 5.26 Å². The monoisotopic (exact) mass is 287 g/mol. The summed E-state index contributed by atoms with van der Waals surface area (Å²) in [6, 6.07) is 6.47. The number of benzene rings is 1. The van der Waals surface area contributed by atoms with Crippen LogP contribution in [0.5, 0.6) is 5.75 Å². The van der Waals surface area contributed by atoms with Gasteiger partial charge in [0.05, 0.1) is 23.4 Å². The van der Waals surface area contributed by atoms with Crippen molar-refractivity contribution in [1.82, 2.24) is 15.0 Å². The van der Waals surface area contributed by atoms with Gasteiger partial charge >= 0.3 is 5.69 Å². The fraction of sp³-hybridized carbons (Fsp3) is 0.308. The lowest BCUT2D eigenvalue weighted by molar-refractivity contribution is -0.385. The van der Waals surface area contributed by atoms with E-state index in [4.69, 9.17) is 10.00 Å². The Morgan fingerprint density at radius 3 is 2.86 bits per heavy atom. The summed E-state index contributed by atoms with van der Waals surface area (Å²) in [7, 11) is 1.37. The molecule has 1 heterocycles. The molecule has 21 heavy (non-hydrogen) atoms. The van der Waals surface area contributed by atoms with Crippen molar-refractivity contribution in [2.24, 2.45) is 0 Å². The van der Waals surface area contributed by atoms with Crippen molar-refractivity contribution in [3.05, 3.63) is 39.7 Å². The van der Waals surface area contributed by atoms with Crippen LogP contribution in [-0.2, 0) is 6.42 Å². The van der Waals surface area contributed by atoms with Gasteiger partial charge in [-0.15, -0.1) is 5.10 Å². The van der Waals surface area contributed by atoms with E-state index in [0.29, 0.717) is 17.8 Å². The minimum absolute atomic E-state index is 0.161. The zero-order chi connectivity index (χ0) is 15.4. The van der Waals surface area contributed by atoms with Crippen molar-refractivity contribution in [2.75, 3.05) is 7.11 Å². The predicted octanol–water partition coefficient (Wildman–Crippen LogP) is 2.01. The smallest absolute Gasteiger partial charge is 0.313 e. The van der Waals surface area contributed by atoms with E-state index >= 15 is 0 Å². The zero-order valence-corrected chi connectivity index (χ0v) is 11.6. The van der Waals surface area contributed by atoms with Crippen LogP contribution >= 0.6 is 0 Å². The molecule has 2 aromatic rings. The van der Waals surface area contributed by atoms with Crippen molar-refractivity contribution in [3.63, 3.8) is 0 Å². The molecule has 0 aliphatic heterocycles. The normalized spacial score (nSPS) is 10.1. The summed E-state index contributed by atoms with van der Waals surface area (Å²) in [6.45, 7) is 1.97. The Kier molecular flexibility index (Phi) is 4.13. The first-order chi connectivity index (χ1) is 10.1. The Morgan fingerprint density at radius 1 is 1.52 bits per heavy atom. The molecule has 0 amide bonds. The summed E-state index contributed by atoms with van der Waals surface area (Å²) in [5.41, 5.74) is 1.18. The third-order valence-electron chi connectivity index (χ3n) is 2.96. The number of hydrogen-bond donors (Lipinski definition) is 0. The third kappa shape index (κ3) is 2.67. The van der Waals surface area contributed by atoms with Gasteiger partial charge in [0.1, 0.15) is 6.07 Å². The lowest BCUT2D eigenvalue weighted by Gasteiger charge is -2.07. The standard InChI is InChI=1S/C13H13N5O3/c1-3-4-11-10(8-14)15-16-17(11)9-5-6-13(21-2)12(7-9)18(19)20/h5-7H,3-4H2,1-2H3. The molecule has 0 N–H and O–H groups in total. The highest BCUT2D eigenvalue weighted by atomic mass is 16.6. The van der Waals surface area contributed by atoms with E-state index in [0.717, 1.165) is 6.42 Å². The first-order valence-electron chi connectivity index (χ1n) is 6.29. The summed E-state index contributed by atoms with van der Waals surface area (Å²) in [5, 5.41) is 27.8. The van der Waals surface area contributed by atoms with Crippen LogP contribution in [0.15, 0.2) is 18.2 Å². The number of nitriles is 1. The number of ether oxygens (including phenoxy) is 1. The second-order valence-electron chi connectivity index (χ2n) is 4.27. The second-order valence-corrected chi connectivity index (χ2v) is 4.27. The predicted molar refractivity (Wildman–Crippen MR) is 73.3 cm³/mol. The van der Waals surface area contributed by atoms with Gasteiger partial charge in [-0.25, -0.2) is 4.68 Å². The van der Waals surface area contributed by atoms with Gasteiger partial charge in [0, 0.05) is 6.07 Å². The molecule has 0 atom stereocenters. The summed E-state index contributed by atoms with van der Waals surface area (Å²) in [5.74, 6) is 0.168. The molecular formula is C13H13N5O3. The molecule has 2 rings (SSSR count). The molecule has 8 nitrogen and oxygen atoms in total. The number of nitrogens with zero attached hydrogens (tertiary/aromatic N) is 5. The lowest BCUT2D eigenvalue weighted by atomic mass is 10.2. The lowest BCUT2D eigenvalue weighted by Crippen LogP contribution is -2.04. The Morgan fingerprint density at radius 2 is 2.29 bits per heavy atom. The highest BCUT2D eigenvalue weighted by molar-refractivity contribution is 5.54. The molecule has 0 radical (unpaired) electrons. The largest absolute Gasteiger partial charge is 0.490 e. The Labute approximate surface area is 120 Å².